The van der Waals surface area contributed by atoms with Crippen molar-refractivity contribution < 1.29 is 42.5 Å². The van der Waals surface area contributed by atoms with Crippen LogP contribution in [0.4, 0.5) is 10.6 Å². The van der Waals surface area contributed by atoms with E-state index in [0.29, 0.717) is 35.1 Å². The molecule has 3 fully saturated rings. The molecule has 5 atom stereocenters. The molecule has 20 heteroatoms. The smallest absolute Gasteiger partial charge is 0.416 e. The number of carbonyl (C=O) groups is 1. The topological polar surface area (TPSA) is 189 Å². The van der Waals surface area contributed by atoms with Gasteiger partial charge >= 0.3 is 6.09 Å². The lowest BCUT2D eigenvalue weighted by Gasteiger charge is -2.37. The maximum Gasteiger partial charge on any atom is 0.416 e. The summed E-state index contributed by atoms with van der Waals surface area (Å²) in [6.45, 7) is 20.1. The number of carbonyl (C=O) groups excluding carboxylic acids is 1. The summed E-state index contributed by atoms with van der Waals surface area (Å²) in [6, 6.07) is 10.7. The van der Waals surface area contributed by atoms with Crippen molar-refractivity contribution in [2.45, 2.75) is 140 Å². The lowest BCUT2D eigenvalue weighted by molar-refractivity contribution is -0.206. The first kappa shape index (κ1) is 47.0. The molecule has 1 aliphatic carbocycles. The summed E-state index contributed by atoms with van der Waals surface area (Å²) in [6.07, 6.45) is 4.73. The molecule has 1 aromatic carbocycles. The highest BCUT2D eigenvalue weighted by Gasteiger charge is 2.58. The first-order chi connectivity index (χ1) is 29.6. The van der Waals surface area contributed by atoms with Crippen molar-refractivity contribution in [1.29, 1.82) is 0 Å². The average molecular weight is 910 g/mol. The Bertz CT molecular complexity index is 2290. The first-order valence-electron chi connectivity index (χ1n) is 21.7. The molecule has 0 bridgehead atoms. The second kappa shape index (κ2) is 18.5. The van der Waals surface area contributed by atoms with Crippen LogP contribution in [0.2, 0.25) is 25.7 Å². The normalized spacial score (nSPS) is 22.7. The summed E-state index contributed by atoms with van der Waals surface area (Å²) < 4.78 is 60.0. The highest BCUT2D eigenvalue weighted by Crippen LogP contribution is 2.55. The lowest BCUT2D eigenvalue weighted by atomic mass is 9.91. The molecule has 1 saturated carbocycles. The van der Waals surface area contributed by atoms with Crippen LogP contribution in [-0.4, -0.2) is 135 Å². The largest absolute Gasteiger partial charge is 0.443 e. The number of methoxy groups -OCH3 is 1. The van der Waals surface area contributed by atoms with Crippen LogP contribution in [0.5, 0.6) is 0 Å². The van der Waals surface area contributed by atoms with Gasteiger partial charge in [-0.2, -0.15) is 5.10 Å². The molecule has 2 saturated heterocycles. The molecule has 7 rings (SSSR count). The number of hydrogen-bond acceptors (Lipinski definition) is 15. The van der Waals surface area contributed by atoms with Crippen LogP contribution >= 0.6 is 7.14 Å². The molecule has 4 aromatic rings. The zero-order valence-electron chi connectivity index (χ0n) is 38.5. The summed E-state index contributed by atoms with van der Waals surface area (Å²) in [4.78, 5) is 27.0. The van der Waals surface area contributed by atoms with Gasteiger partial charge in [0.05, 0.1) is 24.8 Å². The highest BCUT2D eigenvalue weighted by atomic mass is 31.2. The number of aromatic nitrogens is 8. The molecule has 18 nitrogen and oxygen atoms in total. The van der Waals surface area contributed by atoms with Gasteiger partial charge in [-0.15, -0.1) is 15.0 Å². The van der Waals surface area contributed by atoms with Gasteiger partial charge in [0.2, 0.25) is 0 Å². The monoisotopic (exact) mass is 909 g/mol. The molecule has 63 heavy (non-hydrogen) atoms. The van der Waals surface area contributed by atoms with Gasteiger partial charge in [-0.1, -0.05) is 56.0 Å². The van der Waals surface area contributed by atoms with E-state index in [2.05, 4.69) is 35.1 Å². The summed E-state index contributed by atoms with van der Waals surface area (Å²) >= 11 is 0. The molecule has 0 N–H and O–H groups in total. The second-order valence-electron chi connectivity index (χ2n) is 19.7. The van der Waals surface area contributed by atoms with Crippen molar-refractivity contribution >= 4 is 50.3 Å². The lowest BCUT2D eigenvalue weighted by Crippen LogP contribution is -2.47. The quantitative estimate of drug-likeness (QED) is 0.0552. The van der Waals surface area contributed by atoms with Crippen molar-refractivity contribution in [3.8, 4) is 0 Å². The van der Waals surface area contributed by atoms with E-state index in [1.54, 1.807) is 29.1 Å². The molecular formula is C43H64N9O9PSi. The van der Waals surface area contributed by atoms with Crippen LogP contribution in [0.3, 0.4) is 0 Å². The van der Waals surface area contributed by atoms with Gasteiger partial charge in [0.15, 0.2) is 47.2 Å². The molecule has 344 valence electrons. The maximum absolute atomic E-state index is 14.3. The van der Waals surface area contributed by atoms with Crippen LogP contribution in [0.15, 0.2) is 36.5 Å². The molecule has 2 aliphatic heterocycles. The minimum atomic E-state index is -3.11. The Morgan fingerprint density at radius 3 is 2.44 bits per heavy atom. The molecule has 0 radical (unpaired) electrons. The van der Waals surface area contributed by atoms with E-state index in [1.807, 2.05) is 77.1 Å². The number of amides is 1. The predicted octanol–water partition coefficient (Wildman–Crippen LogP) is 7.23. The summed E-state index contributed by atoms with van der Waals surface area (Å²) in [7, 11) is -2.84. The SMILES string of the molecule is COC[C@@](Cc1nnn(COCC[Si](C)(C)C)n1)(OC[C@H]1O[C@@H](n2ncc3c(N(C(=O)OC(C)(C)C)C4CCC4)nc(/C=C/c4ccccc4)nc32)[C@@H]2OC(C)(C)O[C@@H]21)P(C)(C)=O. The van der Waals surface area contributed by atoms with E-state index >= 15 is 0 Å². The van der Waals surface area contributed by atoms with E-state index in [4.69, 9.17) is 48.2 Å². The fraction of sp³-hybridized carbons (Fsp3) is 0.651. The third-order valence-electron chi connectivity index (χ3n) is 11.3. The van der Waals surface area contributed by atoms with Gasteiger partial charge in [-0.05, 0) is 90.1 Å². The Labute approximate surface area is 370 Å². The minimum absolute atomic E-state index is 0.0104. The number of benzene rings is 1. The third-order valence-corrected chi connectivity index (χ3v) is 15.4. The number of hydrogen-bond donors (Lipinski definition) is 0. The van der Waals surface area contributed by atoms with Crippen LogP contribution in [-0.2, 0) is 50.9 Å². The Morgan fingerprint density at radius 2 is 1.79 bits per heavy atom. The van der Waals surface area contributed by atoms with Gasteiger partial charge in [0, 0.05) is 34.3 Å². The maximum atomic E-state index is 14.3. The van der Waals surface area contributed by atoms with Gasteiger partial charge in [-0.25, -0.2) is 19.4 Å². The van der Waals surface area contributed by atoms with Gasteiger partial charge in [0.1, 0.15) is 31.1 Å². The van der Waals surface area contributed by atoms with Crippen molar-refractivity contribution in [2.75, 3.05) is 45.2 Å². The van der Waals surface area contributed by atoms with E-state index in [1.165, 1.54) is 11.9 Å². The molecule has 3 aliphatic rings. The van der Waals surface area contributed by atoms with E-state index in [9.17, 15) is 9.36 Å². The van der Waals surface area contributed by atoms with Crippen molar-refractivity contribution in [3.63, 3.8) is 0 Å². The molecule has 5 heterocycles. The van der Waals surface area contributed by atoms with Crippen LogP contribution < -0.4 is 4.90 Å². The number of rotatable bonds is 18. The standard InChI is InChI=1S/C43H64N9O9PSi/c1-41(2,3)61-40(53)51(30-18-15-19-30)37-31-25-44-52(38(31)46-33(45-37)21-20-29-16-13-12-14-17-29)39-36-35(59-42(4,5)60-36)32(58-39)26-57-43(27-55-6,62(7,8)54)24-34-47-49-50(48-34)28-56-22-23-63(9,10)11/h12-14,16-17,20-21,25,30,32,35-36,39H,15,18-19,22-24,26-28H2,1-11H3/b21-20+/t32-,35-,36-,39-,43+/m1/s1. The summed E-state index contributed by atoms with van der Waals surface area (Å²) in [5.74, 6) is 0.121. The summed E-state index contributed by atoms with van der Waals surface area (Å²) in [5, 5.41) is 17.1. The zero-order chi connectivity index (χ0) is 45.4. The van der Waals surface area contributed by atoms with E-state index < -0.39 is 62.6 Å². The third kappa shape index (κ3) is 11.1. The Kier molecular flexibility index (Phi) is 13.8. The van der Waals surface area contributed by atoms with E-state index in [-0.39, 0.29) is 32.4 Å². The second-order valence-corrected chi connectivity index (χ2v) is 28.8. The molecular weight excluding hydrogens is 846 g/mol. The van der Waals surface area contributed by atoms with Gasteiger partial charge in [0.25, 0.3) is 0 Å². The van der Waals surface area contributed by atoms with Crippen LogP contribution in [0.25, 0.3) is 23.2 Å². The number of ether oxygens (including phenoxy) is 7. The molecule has 3 aromatic heterocycles. The van der Waals surface area contributed by atoms with Crippen LogP contribution in [0.1, 0.15) is 77.3 Å². The highest BCUT2D eigenvalue weighted by molar-refractivity contribution is 7.63. The Hall–Kier alpha value is -3.94. The number of fused-ring (bicyclic) bond motifs is 2. The predicted molar refractivity (Wildman–Crippen MR) is 240 cm³/mol. The van der Waals surface area contributed by atoms with Crippen molar-refractivity contribution in [2.24, 2.45) is 0 Å². The molecule has 1 amide bonds. The van der Waals surface area contributed by atoms with Crippen molar-refractivity contribution in [1.82, 2.24) is 40.0 Å². The molecule has 0 unspecified atom stereocenters. The summed E-state index contributed by atoms with van der Waals surface area (Å²) in [5.41, 5.74) is 0.652. The van der Waals surface area contributed by atoms with Crippen molar-refractivity contribution in [3.05, 3.63) is 53.7 Å². The van der Waals surface area contributed by atoms with Crippen LogP contribution in [0, 0.1) is 0 Å². The van der Waals surface area contributed by atoms with Gasteiger partial charge in [-0.3, -0.25) is 4.90 Å². The fourth-order valence-electron chi connectivity index (χ4n) is 7.74. The van der Waals surface area contributed by atoms with E-state index in [0.717, 1.165) is 30.9 Å². The number of nitrogens with zero attached hydrogens (tertiary/aromatic N) is 9. The van der Waals surface area contributed by atoms with Gasteiger partial charge < -0.3 is 37.7 Å². The Morgan fingerprint density at radius 1 is 1.06 bits per heavy atom. The number of tetrazole rings is 1. The Balaban J connectivity index is 1.20. The minimum Gasteiger partial charge on any atom is -0.443 e. The fourth-order valence-corrected chi connectivity index (χ4v) is 9.85. The first-order valence-corrected chi connectivity index (χ1v) is 28.0. The average Bonchev–Trinajstić information content (AvgIpc) is 3.94. The molecule has 0 spiro atoms. The number of anilines is 1. The zero-order valence-corrected chi connectivity index (χ0v) is 40.4.